The molecule has 596 valence electrons. The number of hydrogen-bond acceptors (Lipinski definition) is 9. The van der Waals surface area contributed by atoms with Crippen molar-refractivity contribution in [2.45, 2.75) is 27.7 Å². The molecule has 0 saturated carbocycles. The average molecular weight is 1670 g/mol. The summed E-state index contributed by atoms with van der Waals surface area (Å²) in [4.78, 5) is 30.8. The Morgan fingerprint density at radius 2 is 0.425 bits per heavy atom. The summed E-state index contributed by atoms with van der Waals surface area (Å²) in [6.07, 6.45) is 5.77. The number of rotatable bonds is 8. The third-order valence-corrected chi connectivity index (χ3v) is 29.0. The molecule has 26 aromatic rings. The van der Waals surface area contributed by atoms with Gasteiger partial charge in [-0.2, -0.15) is 0 Å². The van der Waals surface area contributed by atoms with Gasteiger partial charge in [0.1, 0.15) is 0 Å². The highest BCUT2D eigenvalue weighted by molar-refractivity contribution is 7.27. The first-order valence-corrected chi connectivity index (χ1v) is 45.5. The fourth-order valence-electron chi connectivity index (χ4n) is 19.0. The smallest absolute Gasteiger partial charge is 0.0979 e. The maximum absolute atomic E-state index is 5.33. The third-order valence-electron chi connectivity index (χ3n) is 25.4. The van der Waals surface area contributed by atoms with E-state index in [0.29, 0.717) is 0 Å². The van der Waals surface area contributed by atoms with Crippen LogP contribution in [-0.4, -0.2) is 29.9 Å². The zero-order valence-electron chi connectivity index (χ0n) is 69.9. The second-order valence-corrected chi connectivity index (χ2v) is 36.5. The second kappa shape index (κ2) is 30.8. The van der Waals surface area contributed by atoms with Gasteiger partial charge in [-0.15, -0.1) is 34.0 Å². The van der Waals surface area contributed by atoms with Crippen LogP contribution in [0.4, 0.5) is 0 Å². The molecule has 6 aromatic heterocycles. The molecule has 0 aliphatic heterocycles. The molecule has 26 rings (SSSR count). The highest BCUT2D eigenvalue weighted by atomic mass is 32.1. The number of hydrogen-bond donors (Lipinski definition) is 0. The monoisotopic (exact) mass is 1670 g/mol. The number of nitrogens with zero attached hydrogens (tertiary/aromatic N) is 6. The van der Waals surface area contributed by atoms with Gasteiger partial charge < -0.3 is 0 Å². The molecular formula is C118H76N6S3. The SMILES string of the molecule is Cc1ccc2c(c1)c1cc(C)ccc1c1nc(-c3ccc(-c4cccc5c4sc4ccccc45)cc3)cnc21.Cc1ccc2c3ccc(C)cc3c3nc(-c4ccc(-c5cccc6c5sc5ccccc56)cc4)cnc3c2c1.c1ccc(-c2ccc3c(c2)c2cc(-c4ccccc4)ccc2c2nc(-c4ccc(-c5cccc6c5sc5ccccc56)cc4)cnc32)cc1. The first kappa shape index (κ1) is 75.4. The molecule has 127 heavy (non-hydrogen) atoms. The second-order valence-electron chi connectivity index (χ2n) is 33.4. The van der Waals surface area contributed by atoms with Crippen LogP contribution < -0.4 is 0 Å². The molecule has 0 aliphatic rings. The fourth-order valence-corrected chi connectivity index (χ4v) is 22.8. The van der Waals surface area contributed by atoms with Crippen LogP contribution in [0.2, 0.25) is 0 Å². The van der Waals surface area contributed by atoms with Gasteiger partial charge in [0.05, 0.1) is 68.8 Å². The molecule has 0 N–H and O–H groups in total. The van der Waals surface area contributed by atoms with Crippen LogP contribution in [0.25, 0.3) is 248 Å². The van der Waals surface area contributed by atoms with E-state index in [9.17, 15) is 0 Å². The van der Waals surface area contributed by atoms with Gasteiger partial charge in [-0.3, -0.25) is 15.0 Å². The quantitative estimate of drug-likeness (QED) is 0.141. The van der Waals surface area contributed by atoms with Gasteiger partial charge in [0.2, 0.25) is 0 Å². The van der Waals surface area contributed by atoms with E-state index in [1.807, 2.05) is 52.6 Å². The minimum Gasteiger partial charge on any atom is -0.252 e. The van der Waals surface area contributed by atoms with Gasteiger partial charge >= 0.3 is 0 Å². The Labute approximate surface area is 744 Å². The Morgan fingerprint density at radius 1 is 0.165 bits per heavy atom. The molecule has 0 unspecified atom stereocenters. The van der Waals surface area contributed by atoms with Gasteiger partial charge in [0.25, 0.3) is 0 Å². The molecule has 0 fully saturated rings. The van der Waals surface area contributed by atoms with Crippen molar-refractivity contribution in [1.82, 2.24) is 29.9 Å². The summed E-state index contributed by atoms with van der Waals surface area (Å²) in [5.74, 6) is 0. The fraction of sp³-hybridized carbons (Fsp3) is 0.0339. The Kier molecular flexibility index (Phi) is 18.3. The maximum Gasteiger partial charge on any atom is 0.0979 e. The van der Waals surface area contributed by atoms with Crippen molar-refractivity contribution < 1.29 is 0 Å². The van der Waals surface area contributed by atoms with E-state index in [1.165, 1.54) is 171 Å². The summed E-state index contributed by atoms with van der Waals surface area (Å²) in [7, 11) is 0. The minimum atomic E-state index is 0.868. The van der Waals surface area contributed by atoms with Crippen molar-refractivity contribution in [1.29, 1.82) is 0 Å². The summed E-state index contributed by atoms with van der Waals surface area (Å²) in [6.45, 7) is 8.56. The highest BCUT2D eigenvalue weighted by Crippen LogP contribution is 2.47. The molecule has 0 saturated heterocycles. The first-order chi connectivity index (χ1) is 62.6. The third kappa shape index (κ3) is 13.2. The van der Waals surface area contributed by atoms with Gasteiger partial charge in [0.15, 0.2) is 0 Å². The molecule has 9 heteroatoms. The van der Waals surface area contributed by atoms with Crippen molar-refractivity contribution in [2.75, 3.05) is 0 Å². The Morgan fingerprint density at radius 3 is 0.787 bits per heavy atom. The van der Waals surface area contributed by atoms with E-state index in [1.54, 1.807) is 0 Å². The zero-order chi connectivity index (χ0) is 84.5. The Balaban J connectivity index is 0.000000107. The number of benzene rings is 20. The standard InChI is InChI=1S/C46H28N2S.2C36H24N2S/c1-3-10-29(11-4-1)33-22-24-37-40(26-33)41-27-34(30-12-5-2-6-13-30)23-25-38(41)45-44(37)47-28-42(48-45)32-20-18-31(19-21-32)35-15-9-16-39-36-14-7-8-17-43(36)49-46(35)39;1-21-10-16-26-27-17-11-22(2)19-31(27)35-34(30(26)18-21)37-20-32(38-35)24-14-12-23(13-15-24)25-7-5-8-29-28-6-3-4-9-33(28)39-36(25)29;1-21-10-16-27-30(18-21)31-19-22(2)11-17-28(31)35-34(27)37-20-32(38-35)24-14-12-23(13-15-24)25-7-5-8-29-26-6-3-4-9-33(26)39-36(25)29/h1-28H;2*3-20H,1-2H3. The van der Waals surface area contributed by atoms with Gasteiger partial charge in [0, 0.05) is 110 Å². The van der Waals surface area contributed by atoms with Crippen LogP contribution in [-0.2, 0) is 0 Å². The van der Waals surface area contributed by atoms with Crippen molar-refractivity contribution in [2.24, 2.45) is 0 Å². The lowest BCUT2D eigenvalue weighted by molar-refractivity contribution is 1.31. The lowest BCUT2D eigenvalue weighted by atomic mass is 9.93. The number of aromatic nitrogens is 6. The summed E-state index contributed by atoms with van der Waals surface area (Å²) in [5, 5.41) is 22.0. The summed E-state index contributed by atoms with van der Waals surface area (Å²) in [5.41, 5.74) is 28.7. The number of aryl methyl sites for hydroxylation is 4. The summed E-state index contributed by atoms with van der Waals surface area (Å²) < 4.78 is 7.97. The normalized spacial score (nSPS) is 11.8. The van der Waals surface area contributed by atoms with Crippen LogP contribution in [0.15, 0.2) is 389 Å². The summed E-state index contributed by atoms with van der Waals surface area (Å²) >= 11 is 5.60. The molecule has 0 amide bonds. The van der Waals surface area contributed by atoms with Crippen molar-refractivity contribution >= 4 is 192 Å². The van der Waals surface area contributed by atoms with Gasteiger partial charge in [-0.25, -0.2) is 15.0 Å². The molecule has 6 nitrogen and oxygen atoms in total. The maximum atomic E-state index is 5.33. The first-order valence-electron chi connectivity index (χ1n) is 43.1. The lowest BCUT2D eigenvalue weighted by Gasteiger charge is -2.14. The zero-order valence-corrected chi connectivity index (χ0v) is 72.3. The van der Waals surface area contributed by atoms with Crippen LogP contribution in [0, 0.1) is 27.7 Å². The molecule has 20 aromatic carbocycles. The molecule has 6 heterocycles. The van der Waals surface area contributed by atoms with E-state index < -0.39 is 0 Å². The molecule has 0 radical (unpaired) electrons. The van der Waals surface area contributed by atoms with Gasteiger partial charge in [-0.05, 0) is 158 Å². The highest BCUT2D eigenvalue weighted by Gasteiger charge is 2.22. The molecule has 0 bridgehead atoms. The van der Waals surface area contributed by atoms with Crippen LogP contribution in [0.5, 0.6) is 0 Å². The minimum absolute atomic E-state index is 0.868. The van der Waals surface area contributed by atoms with Crippen molar-refractivity contribution in [3.05, 3.63) is 411 Å². The van der Waals surface area contributed by atoms with E-state index >= 15 is 0 Å². The number of fused-ring (bicyclic) bond motifs is 27. The lowest BCUT2D eigenvalue weighted by Crippen LogP contribution is -1.93. The van der Waals surface area contributed by atoms with Crippen LogP contribution in [0.3, 0.4) is 0 Å². The van der Waals surface area contributed by atoms with Crippen molar-refractivity contribution in [3.63, 3.8) is 0 Å². The molecule has 0 spiro atoms. The van der Waals surface area contributed by atoms with Crippen LogP contribution >= 0.6 is 34.0 Å². The van der Waals surface area contributed by atoms with E-state index in [-0.39, 0.29) is 0 Å². The Hall–Kier alpha value is -15.4. The summed E-state index contributed by atoms with van der Waals surface area (Å²) in [6, 6.07) is 133. The predicted molar refractivity (Wildman–Crippen MR) is 545 cm³/mol. The molecule has 0 atom stereocenters. The molecule has 0 aliphatic carbocycles. The number of thiophene rings is 3. The van der Waals surface area contributed by atoms with E-state index in [0.717, 1.165) is 99.2 Å². The Bertz CT molecular complexity index is 8980. The van der Waals surface area contributed by atoms with Crippen molar-refractivity contribution in [3.8, 4) is 89.4 Å². The van der Waals surface area contributed by atoms with Gasteiger partial charge in [-0.1, -0.05) is 350 Å². The van der Waals surface area contributed by atoms with E-state index in [4.69, 9.17) is 29.9 Å². The van der Waals surface area contributed by atoms with Crippen LogP contribution in [0.1, 0.15) is 22.3 Å². The molecular weight excluding hydrogens is 1600 g/mol. The predicted octanol–water partition coefficient (Wildman–Crippen LogP) is 33.5. The largest absolute Gasteiger partial charge is 0.252 e. The van der Waals surface area contributed by atoms with E-state index in [2.05, 4.69) is 398 Å². The average Bonchev–Trinajstić information content (AvgIpc) is 1.67. The topological polar surface area (TPSA) is 77.3 Å².